The van der Waals surface area contributed by atoms with E-state index in [9.17, 15) is 13.5 Å². The molecule has 3 N–H and O–H groups in total. The highest BCUT2D eigenvalue weighted by atomic mass is 32.2. The molecule has 0 unspecified atom stereocenters. The third-order valence-corrected chi connectivity index (χ3v) is 5.48. The van der Waals surface area contributed by atoms with Crippen molar-refractivity contribution in [3.63, 3.8) is 0 Å². The Morgan fingerprint density at radius 2 is 1.95 bits per heavy atom. The minimum atomic E-state index is -3.70. The molecule has 112 valence electrons. The summed E-state index contributed by atoms with van der Waals surface area (Å²) in [4.78, 5) is 0.0564. The topological polar surface area (TPSA) is 95.1 Å². The number of hydrogen-bond donors (Lipinski definition) is 3. The minimum absolute atomic E-state index is 0.0564. The van der Waals surface area contributed by atoms with Crippen LogP contribution in [-0.2, 0) is 29.5 Å². The van der Waals surface area contributed by atoms with E-state index < -0.39 is 16.6 Å². The van der Waals surface area contributed by atoms with Crippen LogP contribution in [0.4, 0.5) is 0 Å². The molecule has 7 heteroatoms. The van der Waals surface area contributed by atoms with E-state index >= 15 is 0 Å². The van der Waals surface area contributed by atoms with Gasteiger partial charge >= 0.3 is 0 Å². The van der Waals surface area contributed by atoms with Gasteiger partial charge in [-0.25, -0.2) is 13.1 Å². The largest absolute Gasteiger partial charge is 0.390 e. The molecule has 0 spiro atoms. The molecule has 21 heavy (non-hydrogen) atoms. The summed E-state index contributed by atoms with van der Waals surface area (Å²) in [5.74, 6) is 0. The zero-order chi connectivity index (χ0) is 15.0. The van der Waals surface area contributed by atoms with Crippen LogP contribution in [-0.4, -0.2) is 29.8 Å². The SMILES string of the molecule is Cc1[nH]nc(CO)c1S(=O)(=O)NC1Cc2ccccc2C1. The number of aromatic amines is 1. The zero-order valence-electron chi connectivity index (χ0n) is 11.6. The smallest absolute Gasteiger partial charge is 0.244 e. The number of hydrogen-bond acceptors (Lipinski definition) is 4. The van der Waals surface area contributed by atoms with Crippen LogP contribution in [0.3, 0.4) is 0 Å². The lowest BCUT2D eigenvalue weighted by Gasteiger charge is -2.13. The van der Waals surface area contributed by atoms with Crippen LogP contribution in [0.5, 0.6) is 0 Å². The quantitative estimate of drug-likeness (QED) is 0.773. The number of fused-ring (bicyclic) bond motifs is 1. The van der Waals surface area contributed by atoms with Crippen molar-refractivity contribution in [3.8, 4) is 0 Å². The van der Waals surface area contributed by atoms with E-state index in [1.54, 1.807) is 6.92 Å². The van der Waals surface area contributed by atoms with Crippen molar-refractivity contribution >= 4 is 10.0 Å². The summed E-state index contributed by atoms with van der Waals surface area (Å²) >= 11 is 0. The van der Waals surface area contributed by atoms with E-state index in [1.165, 1.54) is 11.1 Å². The van der Waals surface area contributed by atoms with Gasteiger partial charge in [0.05, 0.1) is 12.3 Å². The maximum Gasteiger partial charge on any atom is 0.244 e. The second-order valence-corrected chi connectivity index (χ2v) is 6.93. The second kappa shape index (κ2) is 5.25. The standard InChI is InChI=1S/C14H17N3O3S/c1-9-14(13(8-18)16-15-9)21(19,20)17-12-6-10-4-2-3-5-11(10)7-12/h2-5,12,17-18H,6-8H2,1H3,(H,15,16). The Kier molecular flexibility index (Phi) is 3.56. The number of H-pyrrole nitrogens is 1. The van der Waals surface area contributed by atoms with Crippen LogP contribution >= 0.6 is 0 Å². The summed E-state index contributed by atoms with van der Waals surface area (Å²) in [6.45, 7) is 1.22. The molecule has 0 saturated carbocycles. The summed E-state index contributed by atoms with van der Waals surface area (Å²) in [6, 6.07) is 7.80. The van der Waals surface area contributed by atoms with Crippen molar-refractivity contribution in [1.82, 2.24) is 14.9 Å². The van der Waals surface area contributed by atoms with E-state index in [0.717, 1.165) is 0 Å². The van der Waals surface area contributed by atoms with Crippen molar-refractivity contribution in [2.45, 2.75) is 37.3 Å². The van der Waals surface area contributed by atoms with E-state index in [1.807, 2.05) is 24.3 Å². The van der Waals surface area contributed by atoms with Crippen molar-refractivity contribution in [3.05, 3.63) is 46.8 Å². The molecule has 0 aliphatic heterocycles. The average molecular weight is 307 g/mol. The minimum Gasteiger partial charge on any atom is -0.390 e. The lowest BCUT2D eigenvalue weighted by molar-refractivity contribution is 0.273. The first-order valence-electron chi connectivity index (χ1n) is 6.75. The normalized spacial score (nSPS) is 15.3. The first kappa shape index (κ1) is 14.2. The number of aliphatic hydroxyl groups excluding tert-OH is 1. The third-order valence-electron chi connectivity index (χ3n) is 3.75. The number of aromatic nitrogens is 2. The van der Waals surface area contributed by atoms with Crippen LogP contribution in [0.25, 0.3) is 0 Å². The van der Waals surface area contributed by atoms with Gasteiger partial charge in [0.15, 0.2) is 0 Å². The van der Waals surface area contributed by atoms with Crippen LogP contribution < -0.4 is 4.72 Å². The van der Waals surface area contributed by atoms with E-state index in [4.69, 9.17) is 0 Å². The molecule has 1 heterocycles. The maximum absolute atomic E-state index is 12.5. The van der Waals surface area contributed by atoms with Crippen molar-refractivity contribution in [2.24, 2.45) is 0 Å². The van der Waals surface area contributed by atoms with Crippen LogP contribution in [0, 0.1) is 6.92 Å². The number of aryl methyl sites for hydroxylation is 1. The molecule has 1 aliphatic carbocycles. The number of rotatable bonds is 4. The van der Waals surface area contributed by atoms with Gasteiger partial charge in [-0.3, -0.25) is 5.10 Å². The molecule has 0 radical (unpaired) electrons. The van der Waals surface area contributed by atoms with Gasteiger partial charge in [0.1, 0.15) is 10.6 Å². The summed E-state index contributed by atoms with van der Waals surface area (Å²) in [6.07, 6.45) is 1.36. The van der Waals surface area contributed by atoms with Gasteiger partial charge in [0.25, 0.3) is 0 Å². The van der Waals surface area contributed by atoms with Gasteiger partial charge in [-0.2, -0.15) is 5.10 Å². The Morgan fingerprint density at radius 1 is 1.33 bits per heavy atom. The van der Waals surface area contributed by atoms with Crippen molar-refractivity contribution in [1.29, 1.82) is 0 Å². The first-order chi connectivity index (χ1) is 10.0. The lowest BCUT2D eigenvalue weighted by atomic mass is 10.1. The number of sulfonamides is 1. The molecule has 3 rings (SSSR count). The van der Waals surface area contributed by atoms with Gasteiger partial charge < -0.3 is 5.11 Å². The molecule has 2 aromatic rings. The Labute approximate surface area is 123 Å². The second-order valence-electron chi connectivity index (χ2n) is 5.28. The number of aliphatic hydroxyl groups is 1. The summed E-state index contributed by atoms with van der Waals surface area (Å²) in [5.41, 5.74) is 2.94. The number of nitrogens with one attached hydrogen (secondary N) is 2. The Morgan fingerprint density at radius 3 is 2.52 bits per heavy atom. The molecule has 0 saturated heterocycles. The van der Waals surface area contributed by atoms with Crippen LogP contribution in [0.15, 0.2) is 29.2 Å². The Hall–Kier alpha value is -1.70. The predicted octanol–water partition coefficient (Wildman–Crippen LogP) is 0.656. The van der Waals surface area contributed by atoms with Crippen molar-refractivity contribution < 1.29 is 13.5 Å². The van der Waals surface area contributed by atoms with E-state index in [-0.39, 0.29) is 16.6 Å². The van der Waals surface area contributed by atoms with Gasteiger partial charge in [0, 0.05) is 6.04 Å². The summed E-state index contributed by atoms with van der Waals surface area (Å²) in [7, 11) is -3.70. The summed E-state index contributed by atoms with van der Waals surface area (Å²) < 4.78 is 27.8. The Balaban J connectivity index is 1.84. The molecular weight excluding hydrogens is 290 g/mol. The van der Waals surface area contributed by atoms with Crippen molar-refractivity contribution in [2.75, 3.05) is 0 Å². The number of nitrogens with zero attached hydrogens (tertiary/aromatic N) is 1. The van der Waals surface area contributed by atoms with Gasteiger partial charge in [-0.1, -0.05) is 24.3 Å². The zero-order valence-corrected chi connectivity index (χ0v) is 12.4. The highest BCUT2D eigenvalue weighted by Gasteiger charge is 2.29. The number of benzene rings is 1. The molecule has 1 aliphatic rings. The lowest BCUT2D eigenvalue weighted by Crippen LogP contribution is -2.35. The molecule has 0 amide bonds. The van der Waals surface area contributed by atoms with E-state index in [0.29, 0.717) is 18.5 Å². The fraction of sp³-hybridized carbons (Fsp3) is 0.357. The highest BCUT2D eigenvalue weighted by molar-refractivity contribution is 7.89. The third kappa shape index (κ3) is 2.59. The van der Waals surface area contributed by atoms with Gasteiger partial charge in [-0.15, -0.1) is 0 Å². The monoisotopic (exact) mass is 307 g/mol. The predicted molar refractivity (Wildman–Crippen MR) is 77.2 cm³/mol. The highest BCUT2D eigenvalue weighted by Crippen LogP contribution is 2.24. The van der Waals surface area contributed by atoms with Crippen LogP contribution in [0.2, 0.25) is 0 Å². The Bertz CT molecular complexity index is 743. The fourth-order valence-electron chi connectivity index (χ4n) is 2.85. The maximum atomic E-state index is 12.5. The molecule has 6 nitrogen and oxygen atoms in total. The first-order valence-corrected chi connectivity index (χ1v) is 8.23. The summed E-state index contributed by atoms with van der Waals surface area (Å²) in [5, 5.41) is 15.7. The molecule has 0 fully saturated rings. The molecule has 1 aromatic heterocycles. The molecule has 1 aromatic carbocycles. The molecular formula is C14H17N3O3S. The van der Waals surface area contributed by atoms with Gasteiger partial charge in [-0.05, 0) is 30.9 Å². The molecule has 0 atom stereocenters. The average Bonchev–Trinajstić information content (AvgIpc) is 3.00. The van der Waals surface area contributed by atoms with E-state index in [2.05, 4.69) is 14.9 Å². The fourth-order valence-corrected chi connectivity index (χ4v) is 4.45. The van der Waals surface area contributed by atoms with Gasteiger partial charge in [0.2, 0.25) is 10.0 Å². The molecule has 0 bridgehead atoms. The van der Waals surface area contributed by atoms with Crippen LogP contribution in [0.1, 0.15) is 22.5 Å².